The largest absolute Gasteiger partial charge is 0.508 e. The molecule has 0 aliphatic carbocycles. The number of benzene rings is 1. The molecule has 0 aromatic heterocycles. The Hall–Kier alpha value is -0.580. The Morgan fingerprint density at radius 2 is 1.81 bits per heavy atom. The van der Waals surface area contributed by atoms with Gasteiger partial charge >= 0.3 is 0 Å². The molecule has 1 aromatic carbocycles. The molecule has 3 nitrogen and oxygen atoms in total. The van der Waals surface area contributed by atoms with Crippen LogP contribution in [0.4, 0.5) is 0 Å². The van der Waals surface area contributed by atoms with E-state index in [0.717, 1.165) is 32.4 Å². The van der Waals surface area contributed by atoms with Crippen LogP contribution >= 0.6 is 17.0 Å². The van der Waals surface area contributed by atoms with Crippen molar-refractivity contribution in [3.05, 3.63) is 29.3 Å². The molecular formula is C22H36BrNO2. The van der Waals surface area contributed by atoms with Gasteiger partial charge < -0.3 is 14.7 Å². The van der Waals surface area contributed by atoms with Crippen LogP contribution < -0.4 is 0 Å². The third kappa shape index (κ3) is 3.98. The molecule has 1 unspecified atom stereocenters. The van der Waals surface area contributed by atoms with E-state index in [1.54, 1.807) is 0 Å². The highest BCUT2D eigenvalue weighted by molar-refractivity contribution is 8.93. The number of phenols is 1. The zero-order valence-electron chi connectivity index (χ0n) is 16.9. The summed E-state index contributed by atoms with van der Waals surface area (Å²) in [5, 5.41) is 10.2. The summed E-state index contributed by atoms with van der Waals surface area (Å²) in [6.07, 6.45) is 7.43. The van der Waals surface area contributed by atoms with Gasteiger partial charge in [-0.3, -0.25) is 0 Å². The molecule has 0 bridgehead atoms. The minimum Gasteiger partial charge on any atom is -0.508 e. The Labute approximate surface area is 169 Å². The first-order valence-electron chi connectivity index (χ1n) is 10.2. The number of fused-ring (bicyclic) bond motifs is 2. The number of rotatable bonds is 5. The summed E-state index contributed by atoms with van der Waals surface area (Å²) < 4.78 is 6.62. The van der Waals surface area contributed by atoms with E-state index in [0.29, 0.717) is 5.75 Å². The van der Waals surface area contributed by atoms with E-state index in [2.05, 4.69) is 38.7 Å². The predicted molar refractivity (Wildman–Crippen MR) is 113 cm³/mol. The summed E-state index contributed by atoms with van der Waals surface area (Å²) in [6, 6.07) is 5.91. The molecule has 2 aliphatic rings. The number of likely N-dealkylation sites (tertiary alicyclic amines) is 1. The van der Waals surface area contributed by atoms with Crippen molar-refractivity contribution in [2.24, 2.45) is 0 Å². The minimum atomic E-state index is -0.285. The zero-order chi connectivity index (χ0) is 18.1. The van der Waals surface area contributed by atoms with Gasteiger partial charge in [-0.2, -0.15) is 0 Å². The Morgan fingerprint density at radius 1 is 1.12 bits per heavy atom. The fourth-order valence-electron chi connectivity index (χ4n) is 5.00. The number of nitrogens with zero attached hydrogens (tertiary/aromatic N) is 1. The molecule has 1 fully saturated rings. The smallest absolute Gasteiger partial charge is 0.115 e. The maximum atomic E-state index is 10.2. The SMILES string of the molecule is Br.CCCCCN1CCC2(CC1)c1cc(O)ccc1C(C)(C)OC2CC. The maximum Gasteiger partial charge on any atom is 0.115 e. The van der Waals surface area contributed by atoms with Gasteiger partial charge in [-0.25, -0.2) is 0 Å². The van der Waals surface area contributed by atoms with Crippen LogP contribution in [0.1, 0.15) is 77.3 Å². The first kappa shape index (κ1) is 21.7. The first-order valence-corrected chi connectivity index (χ1v) is 10.2. The minimum absolute atomic E-state index is 0. The lowest BCUT2D eigenvalue weighted by Crippen LogP contribution is -2.55. The van der Waals surface area contributed by atoms with Gasteiger partial charge in [0.1, 0.15) is 5.75 Å². The molecule has 2 aliphatic heterocycles. The van der Waals surface area contributed by atoms with Gasteiger partial charge in [0, 0.05) is 5.41 Å². The molecule has 26 heavy (non-hydrogen) atoms. The fourth-order valence-corrected chi connectivity index (χ4v) is 5.00. The van der Waals surface area contributed by atoms with Gasteiger partial charge in [0.05, 0.1) is 11.7 Å². The summed E-state index contributed by atoms with van der Waals surface area (Å²) in [7, 11) is 0. The standard InChI is InChI=1S/C22H35NO2.BrH/c1-5-7-8-13-23-14-11-22(12-15-23)19-16-17(24)9-10-18(19)21(3,4)25-20(22)6-2;/h9-10,16,20,24H,5-8,11-15H2,1-4H3;1H. The van der Waals surface area contributed by atoms with E-state index in [4.69, 9.17) is 4.74 Å². The molecule has 1 spiro atoms. The Morgan fingerprint density at radius 3 is 2.42 bits per heavy atom. The fraction of sp³-hybridized carbons (Fsp3) is 0.727. The number of halogens is 1. The second-order valence-electron chi connectivity index (χ2n) is 8.46. The van der Waals surface area contributed by atoms with Crippen LogP contribution in [-0.4, -0.2) is 35.7 Å². The Balaban J connectivity index is 0.00000243. The summed E-state index contributed by atoms with van der Waals surface area (Å²) in [5.41, 5.74) is 2.37. The quantitative estimate of drug-likeness (QED) is 0.628. The molecule has 4 heteroatoms. The van der Waals surface area contributed by atoms with Crippen LogP contribution in [0.2, 0.25) is 0 Å². The zero-order valence-corrected chi connectivity index (χ0v) is 18.6. The maximum absolute atomic E-state index is 10.2. The van der Waals surface area contributed by atoms with Crippen LogP contribution in [0.25, 0.3) is 0 Å². The van der Waals surface area contributed by atoms with E-state index >= 15 is 0 Å². The predicted octanol–water partition coefficient (Wildman–Crippen LogP) is 5.54. The normalized spacial score (nSPS) is 24.1. The molecule has 148 valence electrons. The number of piperidine rings is 1. The summed E-state index contributed by atoms with van der Waals surface area (Å²) in [6.45, 7) is 12.3. The van der Waals surface area contributed by atoms with Crippen molar-refractivity contribution in [2.75, 3.05) is 19.6 Å². The van der Waals surface area contributed by atoms with Crippen molar-refractivity contribution in [1.82, 2.24) is 4.90 Å². The third-order valence-corrected chi connectivity index (χ3v) is 6.44. The van der Waals surface area contributed by atoms with Crippen molar-refractivity contribution < 1.29 is 9.84 Å². The second kappa shape index (κ2) is 8.62. The number of phenolic OH excluding ortho intramolecular Hbond substituents is 1. The topological polar surface area (TPSA) is 32.7 Å². The molecule has 2 heterocycles. The number of hydrogen-bond acceptors (Lipinski definition) is 3. The lowest BCUT2D eigenvalue weighted by Gasteiger charge is -2.54. The van der Waals surface area contributed by atoms with Gasteiger partial charge in [-0.05, 0) is 82.4 Å². The van der Waals surface area contributed by atoms with E-state index < -0.39 is 0 Å². The highest BCUT2D eigenvalue weighted by Gasteiger charge is 2.50. The number of aromatic hydroxyl groups is 1. The molecule has 1 aromatic rings. The molecule has 0 saturated carbocycles. The van der Waals surface area contributed by atoms with Gasteiger partial charge in [0.15, 0.2) is 0 Å². The number of ether oxygens (including phenoxy) is 1. The number of hydrogen-bond donors (Lipinski definition) is 1. The highest BCUT2D eigenvalue weighted by Crippen LogP contribution is 2.51. The highest BCUT2D eigenvalue weighted by atomic mass is 79.9. The van der Waals surface area contributed by atoms with Gasteiger partial charge in [-0.1, -0.05) is 32.8 Å². The van der Waals surface area contributed by atoms with E-state index in [9.17, 15) is 5.11 Å². The molecule has 0 amide bonds. The van der Waals surface area contributed by atoms with E-state index in [1.165, 1.54) is 36.9 Å². The molecule has 3 rings (SSSR count). The van der Waals surface area contributed by atoms with Crippen LogP contribution in [0.3, 0.4) is 0 Å². The second-order valence-corrected chi connectivity index (χ2v) is 8.46. The van der Waals surface area contributed by atoms with Gasteiger partial charge in [0.2, 0.25) is 0 Å². The van der Waals surface area contributed by atoms with Crippen molar-refractivity contribution in [2.45, 2.75) is 83.3 Å². The molecule has 0 radical (unpaired) electrons. The van der Waals surface area contributed by atoms with Crippen LogP contribution in [-0.2, 0) is 15.8 Å². The summed E-state index contributed by atoms with van der Waals surface area (Å²) in [4.78, 5) is 2.62. The third-order valence-electron chi connectivity index (χ3n) is 6.44. The molecular weight excluding hydrogens is 390 g/mol. The average Bonchev–Trinajstić information content (AvgIpc) is 2.60. The lowest BCUT2D eigenvalue weighted by atomic mass is 9.63. The summed E-state index contributed by atoms with van der Waals surface area (Å²) in [5.74, 6) is 0.385. The molecule has 1 N–H and O–H groups in total. The van der Waals surface area contributed by atoms with E-state index in [1.807, 2.05) is 12.1 Å². The number of unbranched alkanes of at least 4 members (excludes halogenated alkanes) is 2. The van der Waals surface area contributed by atoms with Crippen LogP contribution in [0.5, 0.6) is 5.75 Å². The van der Waals surface area contributed by atoms with Gasteiger partial charge in [0.25, 0.3) is 0 Å². The Bertz CT molecular complexity index is 594. The molecule has 1 atom stereocenters. The van der Waals surface area contributed by atoms with Crippen molar-refractivity contribution in [3.63, 3.8) is 0 Å². The van der Waals surface area contributed by atoms with Crippen molar-refractivity contribution >= 4 is 17.0 Å². The van der Waals surface area contributed by atoms with Crippen LogP contribution in [0.15, 0.2) is 18.2 Å². The van der Waals surface area contributed by atoms with Crippen molar-refractivity contribution in [3.8, 4) is 5.75 Å². The van der Waals surface area contributed by atoms with Crippen LogP contribution in [0, 0.1) is 0 Å². The van der Waals surface area contributed by atoms with E-state index in [-0.39, 0.29) is 34.1 Å². The van der Waals surface area contributed by atoms with Crippen molar-refractivity contribution in [1.29, 1.82) is 0 Å². The average molecular weight is 426 g/mol. The van der Waals surface area contributed by atoms with Gasteiger partial charge in [-0.15, -0.1) is 17.0 Å². The monoisotopic (exact) mass is 425 g/mol. The Kier molecular flexibility index (Phi) is 7.20. The first-order chi connectivity index (χ1) is 11.9. The molecule has 1 saturated heterocycles. The lowest BCUT2D eigenvalue weighted by molar-refractivity contribution is -0.138. The summed E-state index contributed by atoms with van der Waals surface area (Å²) >= 11 is 0.